The third-order valence-electron chi connectivity index (χ3n) is 4.92. The van der Waals surface area contributed by atoms with E-state index in [1.165, 1.54) is 30.6 Å². The smallest absolute Gasteiger partial charge is 0.266 e. The number of nitrogens with zero attached hydrogens (tertiary/aromatic N) is 4. The van der Waals surface area contributed by atoms with Gasteiger partial charge >= 0.3 is 0 Å². The van der Waals surface area contributed by atoms with Gasteiger partial charge in [0, 0.05) is 38.6 Å². The predicted octanol–water partition coefficient (Wildman–Crippen LogP) is 1.01. The van der Waals surface area contributed by atoms with Crippen LogP contribution in [0.5, 0.6) is 0 Å². The summed E-state index contributed by atoms with van der Waals surface area (Å²) in [4.78, 5) is 28.5. The molecule has 2 heterocycles. The van der Waals surface area contributed by atoms with Crippen molar-refractivity contribution in [3.05, 3.63) is 40.6 Å². The lowest BCUT2D eigenvalue weighted by atomic mass is 10.1. The van der Waals surface area contributed by atoms with Crippen molar-refractivity contribution in [3.63, 3.8) is 0 Å². The molecule has 1 atom stereocenters. The highest BCUT2D eigenvalue weighted by Crippen LogP contribution is 2.32. The number of benzene rings is 1. The van der Waals surface area contributed by atoms with Gasteiger partial charge in [-0.25, -0.2) is 8.42 Å². The van der Waals surface area contributed by atoms with Crippen LogP contribution in [0.25, 0.3) is 0 Å². The molecule has 0 unspecified atom stereocenters. The van der Waals surface area contributed by atoms with E-state index in [1.54, 1.807) is 4.90 Å². The first-order chi connectivity index (χ1) is 14.3. The Bertz CT molecular complexity index is 1020. The summed E-state index contributed by atoms with van der Waals surface area (Å²) in [5, 5.41) is 11.1. The Morgan fingerprint density at radius 2 is 1.93 bits per heavy atom. The van der Waals surface area contributed by atoms with Gasteiger partial charge in [0.1, 0.15) is 10.9 Å². The number of sulfonamides is 1. The molecule has 30 heavy (non-hydrogen) atoms. The molecule has 0 aliphatic carbocycles. The van der Waals surface area contributed by atoms with Gasteiger partial charge in [-0.3, -0.25) is 18.8 Å². The number of rotatable bonds is 5. The van der Waals surface area contributed by atoms with Crippen LogP contribution in [0.4, 0.5) is 0 Å². The van der Waals surface area contributed by atoms with E-state index in [1.807, 2.05) is 4.90 Å². The molecule has 1 fully saturated rings. The van der Waals surface area contributed by atoms with E-state index in [0.717, 1.165) is 4.31 Å². The Kier molecular flexibility index (Phi) is 6.88. The number of hydrogen-bond donors (Lipinski definition) is 1. The molecule has 2 aliphatic rings. The van der Waals surface area contributed by atoms with Gasteiger partial charge < -0.3 is 10.2 Å². The summed E-state index contributed by atoms with van der Waals surface area (Å²) in [6.07, 6.45) is 2.06. The molecular formula is C18H19Cl2N5O4S. The molecule has 0 saturated carbocycles. The van der Waals surface area contributed by atoms with Crippen molar-refractivity contribution in [2.45, 2.75) is 17.4 Å². The second kappa shape index (κ2) is 9.22. The molecule has 160 valence electrons. The van der Waals surface area contributed by atoms with Crippen molar-refractivity contribution < 1.29 is 18.0 Å². The van der Waals surface area contributed by atoms with Crippen molar-refractivity contribution in [3.8, 4) is 6.07 Å². The van der Waals surface area contributed by atoms with Crippen molar-refractivity contribution in [2.24, 2.45) is 0 Å². The van der Waals surface area contributed by atoms with Gasteiger partial charge in [0.05, 0.1) is 29.1 Å². The predicted molar refractivity (Wildman–Crippen MR) is 110 cm³/mol. The first-order valence-corrected chi connectivity index (χ1v) is 11.3. The molecule has 1 N–H and O–H groups in total. The standard InChI is InChI=1S/C18H19Cl2N5O4S/c19-13-2-1-3-15(17(13)20)30(28,29)25-7-5-22-18(27)14(25)12-16(26)24-10-8-23(6-4-21)9-11-24/h1-3,5,7,14H,6,8-12H2,(H,22,27)/t14-/m0/s1. The fourth-order valence-corrected chi connectivity index (χ4v) is 5.48. The summed E-state index contributed by atoms with van der Waals surface area (Å²) < 4.78 is 27.2. The lowest BCUT2D eigenvalue weighted by molar-refractivity contribution is -0.137. The zero-order valence-corrected chi connectivity index (χ0v) is 18.1. The molecule has 0 aromatic heterocycles. The van der Waals surface area contributed by atoms with Crippen molar-refractivity contribution in [2.75, 3.05) is 32.7 Å². The monoisotopic (exact) mass is 471 g/mol. The van der Waals surface area contributed by atoms with E-state index in [0.29, 0.717) is 26.2 Å². The van der Waals surface area contributed by atoms with Crippen LogP contribution < -0.4 is 5.32 Å². The molecule has 0 bridgehead atoms. The zero-order chi connectivity index (χ0) is 21.9. The minimum absolute atomic E-state index is 0.0612. The van der Waals surface area contributed by atoms with Gasteiger partial charge in [0.2, 0.25) is 11.8 Å². The average Bonchev–Trinajstić information content (AvgIpc) is 2.72. The van der Waals surface area contributed by atoms with Crippen LogP contribution in [0.2, 0.25) is 10.0 Å². The third-order valence-corrected chi connectivity index (χ3v) is 7.67. The van der Waals surface area contributed by atoms with Crippen LogP contribution in [0.3, 0.4) is 0 Å². The SMILES string of the molecule is N#CCN1CCN(C(=O)C[C@H]2C(=O)NC=CN2S(=O)(=O)c2cccc(Cl)c2Cl)CC1. The number of piperazine rings is 1. The fourth-order valence-electron chi connectivity index (χ4n) is 3.29. The van der Waals surface area contributed by atoms with Gasteiger partial charge in [-0.1, -0.05) is 29.3 Å². The summed E-state index contributed by atoms with van der Waals surface area (Å²) in [5.41, 5.74) is 0. The zero-order valence-electron chi connectivity index (χ0n) is 15.8. The molecular weight excluding hydrogens is 453 g/mol. The maximum absolute atomic E-state index is 13.2. The lowest BCUT2D eigenvalue weighted by Crippen LogP contribution is -2.53. The molecule has 1 saturated heterocycles. The van der Waals surface area contributed by atoms with E-state index < -0.39 is 22.0 Å². The highest BCUT2D eigenvalue weighted by molar-refractivity contribution is 7.89. The number of nitriles is 1. The Labute approximate surface area is 184 Å². The number of nitrogens with one attached hydrogen (secondary N) is 1. The van der Waals surface area contributed by atoms with Crippen LogP contribution in [0, 0.1) is 11.3 Å². The molecule has 2 amide bonds. The molecule has 1 aromatic rings. The highest BCUT2D eigenvalue weighted by atomic mass is 35.5. The minimum Gasteiger partial charge on any atom is -0.340 e. The number of amides is 2. The van der Waals surface area contributed by atoms with E-state index >= 15 is 0 Å². The number of halogens is 2. The van der Waals surface area contributed by atoms with E-state index in [2.05, 4.69) is 11.4 Å². The minimum atomic E-state index is -4.24. The van der Waals surface area contributed by atoms with Crippen LogP contribution in [0.15, 0.2) is 35.5 Å². The van der Waals surface area contributed by atoms with E-state index in [9.17, 15) is 18.0 Å². The second-order valence-corrected chi connectivity index (χ2v) is 9.34. The van der Waals surface area contributed by atoms with E-state index in [4.69, 9.17) is 28.5 Å². The molecule has 0 radical (unpaired) electrons. The maximum atomic E-state index is 13.2. The topological polar surface area (TPSA) is 114 Å². The van der Waals surface area contributed by atoms with Crippen LogP contribution in [0.1, 0.15) is 6.42 Å². The maximum Gasteiger partial charge on any atom is 0.266 e. The number of carbonyl (C=O) groups excluding carboxylic acids is 2. The lowest BCUT2D eigenvalue weighted by Gasteiger charge is -2.36. The Morgan fingerprint density at radius 3 is 2.60 bits per heavy atom. The molecule has 12 heteroatoms. The summed E-state index contributed by atoms with van der Waals surface area (Å²) in [5.74, 6) is -0.963. The molecule has 3 rings (SSSR count). The van der Waals surface area contributed by atoms with Crippen molar-refractivity contribution >= 4 is 45.0 Å². The summed E-state index contributed by atoms with van der Waals surface area (Å²) >= 11 is 12.0. The summed E-state index contributed by atoms with van der Waals surface area (Å²) in [7, 11) is -4.24. The normalized spacial score (nSPS) is 20.0. The highest BCUT2D eigenvalue weighted by Gasteiger charge is 2.39. The van der Waals surface area contributed by atoms with Gasteiger partial charge in [-0.05, 0) is 12.1 Å². The van der Waals surface area contributed by atoms with E-state index in [-0.39, 0.29) is 33.8 Å². The summed E-state index contributed by atoms with van der Waals surface area (Å²) in [6.45, 7) is 2.16. The third kappa shape index (κ3) is 4.54. The molecule has 0 spiro atoms. The van der Waals surface area contributed by atoms with Gasteiger partial charge in [0.25, 0.3) is 10.0 Å². The first-order valence-electron chi connectivity index (χ1n) is 9.07. The largest absolute Gasteiger partial charge is 0.340 e. The van der Waals surface area contributed by atoms with Crippen LogP contribution >= 0.6 is 23.2 Å². The Morgan fingerprint density at radius 1 is 1.23 bits per heavy atom. The molecule has 1 aromatic carbocycles. The molecule has 9 nitrogen and oxygen atoms in total. The Balaban J connectivity index is 1.80. The fraction of sp³-hybridized carbons (Fsp3) is 0.389. The van der Waals surface area contributed by atoms with Gasteiger partial charge in [-0.15, -0.1) is 0 Å². The Hall–Kier alpha value is -2.32. The average molecular weight is 472 g/mol. The van der Waals surface area contributed by atoms with Crippen LogP contribution in [-0.4, -0.2) is 73.1 Å². The number of hydrogen-bond acceptors (Lipinski definition) is 6. The van der Waals surface area contributed by atoms with Crippen molar-refractivity contribution in [1.82, 2.24) is 19.4 Å². The first kappa shape index (κ1) is 22.4. The quantitative estimate of drug-likeness (QED) is 0.640. The van der Waals surface area contributed by atoms with Crippen molar-refractivity contribution in [1.29, 1.82) is 5.26 Å². The second-order valence-electron chi connectivity index (χ2n) is 6.75. The van der Waals surface area contributed by atoms with Gasteiger partial charge in [0.15, 0.2) is 0 Å². The summed E-state index contributed by atoms with van der Waals surface area (Å²) in [6, 6.07) is 4.99. The van der Waals surface area contributed by atoms with Crippen LogP contribution in [-0.2, 0) is 19.6 Å². The van der Waals surface area contributed by atoms with Gasteiger partial charge in [-0.2, -0.15) is 5.26 Å². The number of carbonyl (C=O) groups is 2. The molecule has 2 aliphatic heterocycles.